The molecule has 21 heavy (non-hydrogen) atoms. The number of aromatic nitrogens is 2. The summed E-state index contributed by atoms with van der Waals surface area (Å²) in [5.41, 5.74) is 0. The summed E-state index contributed by atoms with van der Waals surface area (Å²) in [6, 6.07) is 1.77. The minimum absolute atomic E-state index is 0.0360. The van der Waals surface area contributed by atoms with Crippen molar-refractivity contribution >= 4 is 5.91 Å². The third-order valence-corrected chi connectivity index (χ3v) is 3.99. The molecule has 1 aromatic rings. The van der Waals surface area contributed by atoms with E-state index in [4.69, 9.17) is 4.74 Å². The average molecular weight is 291 g/mol. The second kappa shape index (κ2) is 7.38. The zero-order chi connectivity index (χ0) is 15.2. The minimum Gasteiger partial charge on any atom is -0.472 e. The number of hydrogen-bond donors (Lipinski definition) is 0. The van der Waals surface area contributed by atoms with Gasteiger partial charge in [0.05, 0.1) is 6.54 Å². The molecule has 1 fully saturated rings. The van der Waals surface area contributed by atoms with Crippen LogP contribution in [0.15, 0.2) is 12.3 Å². The van der Waals surface area contributed by atoms with Gasteiger partial charge >= 0.3 is 0 Å². The lowest BCUT2D eigenvalue weighted by atomic mass is 10.0. The number of ether oxygens (including phenoxy) is 1. The number of likely N-dealkylation sites (tertiary alicyclic amines) is 1. The van der Waals surface area contributed by atoms with Crippen molar-refractivity contribution in [3.8, 4) is 5.88 Å². The van der Waals surface area contributed by atoms with E-state index in [2.05, 4.69) is 23.8 Å². The molecule has 2 atom stereocenters. The van der Waals surface area contributed by atoms with Crippen LogP contribution in [0.1, 0.15) is 45.4 Å². The largest absolute Gasteiger partial charge is 0.472 e. The summed E-state index contributed by atoms with van der Waals surface area (Å²) in [6.45, 7) is 7.60. The van der Waals surface area contributed by atoms with Crippen molar-refractivity contribution in [3.63, 3.8) is 0 Å². The normalized spacial score (nSPS) is 20.1. The monoisotopic (exact) mass is 291 g/mol. The number of piperidine rings is 1. The summed E-state index contributed by atoms with van der Waals surface area (Å²) in [6.07, 6.45) is 5.37. The molecule has 0 aromatic carbocycles. The van der Waals surface area contributed by atoms with Crippen LogP contribution >= 0.6 is 0 Å². The SMILES string of the molecule is CCC(C)CC(=O)N1CCCC(Oc2ccnc(C)n2)C1. The Balaban J connectivity index is 1.90. The molecule has 1 aliphatic rings. The predicted octanol–water partition coefficient (Wildman–Crippen LogP) is 2.59. The quantitative estimate of drug-likeness (QED) is 0.836. The second-order valence-corrected chi connectivity index (χ2v) is 5.88. The Hall–Kier alpha value is -1.65. The van der Waals surface area contributed by atoms with Gasteiger partial charge in [0.15, 0.2) is 0 Å². The van der Waals surface area contributed by atoms with Crippen LogP contribution in [0, 0.1) is 12.8 Å². The topological polar surface area (TPSA) is 55.3 Å². The maximum Gasteiger partial charge on any atom is 0.222 e. The lowest BCUT2D eigenvalue weighted by Crippen LogP contribution is -2.44. The molecule has 1 aliphatic heterocycles. The zero-order valence-electron chi connectivity index (χ0n) is 13.2. The van der Waals surface area contributed by atoms with E-state index in [-0.39, 0.29) is 12.0 Å². The fourth-order valence-electron chi connectivity index (χ4n) is 2.50. The van der Waals surface area contributed by atoms with Gasteiger partial charge in [-0.2, -0.15) is 4.98 Å². The van der Waals surface area contributed by atoms with E-state index in [1.165, 1.54) is 0 Å². The molecule has 0 N–H and O–H groups in total. The van der Waals surface area contributed by atoms with Crippen LogP contribution in [-0.2, 0) is 4.79 Å². The fourth-order valence-corrected chi connectivity index (χ4v) is 2.50. The van der Waals surface area contributed by atoms with Gasteiger partial charge in [-0.15, -0.1) is 0 Å². The number of carbonyl (C=O) groups is 1. The number of carbonyl (C=O) groups excluding carboxylic acids is 1. The van der Waals surface area contributed by atoms with Gasteiger partial charge in [-0.05, 0) is 25.7 Å². The van der Waals surface area contributed by atoms with Gasteiger partial charge in [0, 0.05) is 25.2 Å². The van der Waals surface area contributed by atoms with Crippen molar-refractivity contribution in [2.45, 2.75) is 52.6 Å². The second-order valence-electron chi connectivity index (χ2n) is 5.88. The van der Waals surface area contributed by atoms with Crippen LogP contribution in [0.3, 0.4) is 0 Å². The van der Waals surface area contributed by atoms with Crippen molar-refractivity contribution in [2.75, 3.05) is 13.1 Å². The summed E-state index contributed by atoms with van der Waals surface area (Å²) in [7, 11) is 0. The van der Waals surface area contributed by atoms with E-state index >= 15 is 0 Å². The minimum atomic E-state index is 0.0360. The summed E-state index contributed by atoms with van der Waals surface area (Å²) >= 11 is 0. The van der Waals surface area contributed by atoms with Crippen molar-refractivity contribution in [1.82, 2.24) is 14.9 Å². The standard InChI is InChI=1S/C16H25N3O2/c1-4-12(2)10-16(20)19-9-5-6-14(11-19)21-15-7-8-17-13(3)18-15/h7-8,12,14H,4-6,9-11H2,1-3H3. The van der Waals surface area contributed by atoms with Crippen LogP contribution in [0.5, 0.6) is 5.88 Å². The molecule has 1 aromatic heterocycles. The summed E-state index contributed by atoms with van der Waals surface area (Å²) < 4.78 is 5.90. The van der Waals surface area contributed by atoms with Crippen molar-refractivity contribution in [3.05, 3.63) is 18.1 Å². The van der Waals surface area contributed by atoms with E-state index in [0.29, 0.717) is 30.6 Å². The van der Waals surface area contributed by atoms with Gasteiger partial charge in [0.25, 0.3) is 0 Å². The first-order valence-corrected chi connectivity index (χ1v) is 7.82. The lowest BCUT2D eigenvalue weighted by Gasteiger charge is -2.33. The van der Waals surface area contributed by atoms with Crippen LogP contribution in [0.4, 0.5) is 0 Å². The first kappa shape index (κ1) is 15.7. The number of nitrogens with zero attached hydrogens (tertiary/aromatic N) is 3. The summed E-state index contributed by atoms with van der Waals surface area (Å²) in [5.74, 6) is 2.00. The number of hydrogen-bond acceptors (Lipinski definition) is 4. The first-order valence-electron chi connectivity index (χ1n) is 7.82. The van der Waals surface area contributed by atoms with Gasteiger partial charge in [0.2, 0.25) is 11.8 Å². The van der Waals surface area contributed by atoms with E-state index < -0.39 is 0 Å². The lowest BCUT2D eigenvalue weighted by molar-refractivity contribution is -0.134. The van der Waals surface area contributed by atoms with Crippen LogP contribution in [0.25, 0.3) is 0 Å². The highest BCUT2D eigenvalue weighted by Gasteiger charge is 2.25. The Labute approximate surface area is 126 Å². The molecule has 5 nitrogen and oxygen atoms in total. The molecule has 5 heteroatoms. The Morgan fingerprint density at radius 2 is 2.38 bits per heavy atom. The zero-order valence-corrected chi connectivity index (χ0v) is 13.2. The highest BCUT2D eigenvalue weighted by atomic mass is 16.5. The van der Waals surface area contributed by atoms with E-state index in [9.17, 15) is 4.79 Å². The third kappa shape index (κ3) is 4.69. The molecule has 0 radical (unpaired) electrons. The Kier molecular flexibility index (Phi) is 5.53. The molecule has 2 unspecified atom stereocenters. The molecular weight excluding hydrogens is 266 g/mol. The third-order valence-electron chi connectivity index (χ3n) is 3.99. The van der Waals surface area contributed by atoms with E-state index in [1.54, 1.807) is 12.3 Å². The molecule has 0 bridgehead atoms. The molecule has 1 saturated heterocycles. The van der Waals surface area contributed by atoms with Gasteiger partial charge in [-0.25, -0.2) is 4.98 Å². The number of amides is 1. The molecule has 1 amide bonds. The van der Waals surface area contributed by atoms with Gasteiger partial charge in [-0.3, -0.25) is 4.79 Å². The molecule has 116 valence electrons. The Morgan fingerprint density at radius 1 is 1.57 bits per heavy atom. The molecular formula is C16H25N3O2. The van der Waals surface area contributed by atoms with E-state index in [0.717, 1.165) is 25.8 Å². The van der Waals surface area contributed by atoms with Crippen LogP contribution in [0.2, 0.25) is 0 Å². The molecule has 0 spiro atoms. The first-order chi connectivity index (χ1) is 10.1. The highest BCUT2D eigenvalue weighted by Crippen LogP contribution is 2.18. The maximum atomic E-state index is 12.3. The van der Waals surface area contributed by atoms with Gasteiger partial charge in [0.1, 0.15) is 11.9 Å². The van der Waals surface area contributed by atoms with E-state index in [1.807, 2.05) is 11.8 Å². The van der Waals surface area contributed by atoms with Gasteiger partial charge in [-0.1, -0.05) is 20.3 Å². The van der Waals surface area contributed by atoms with Crippen LogP contribution < -0.4 is 4.74 Å². The van der Waals surface area contributed by atoms with Crippen molar-refractivity contribution in [1.29, 1.82) is 0 Å². The molecule has 2 heterocycles. The van der Waals surface area contributed by atoms with Crippen molar-refractivity contribution < 1.29 is 9.53 Å². The number of aryl methyl sites for hydroxylation is 1. The number of rotatable bonds is 5. The fraction of sp³-hybridized carbons (Fsp3) is 0.688. The Morgan fingerprint density at radius 3 is 3.10 bits per heavy atom. The maximum absolute atomic E-state index is 12.3. The summed E-state index contributed by atoms with van der Waals surface area (Å²) in [4.78, 5) is 22.5. The highest BCUT2D eigenvalue weighted by molar-refractivity contribution is 5.76. The smallest absolute Gasteiger partial charge is 0.222 e. The summed E-state index contributed by atoms with van der Waals surface area (Å²) in [5, 5.41) is 0. The molecule has 2 rings (SSSR count). The average Bonchev–Trinajstić information content (AvgIpc) is 2.47. The van der Waals surface area contributed by atoms with Crippen molar-refractivity contribution in [2.24, 2.45) is 5.92 Å². The predicted molar refractivity (Wildman–Crippen MR) is 81.1 cm³/mol. The molecule has 0 aliphatic carbocycles. The Bertz CT molecular complexity index is 478. The van der Waals surface area contributed by atoms with Gasteiger partial charge < -0.3 is 9.64 Å². The molecule has 0 saturated carbocycles. The van der Waals surface area contributed by atoms with Crippen LogP contribution in [-0.4, -0.2) is 40.0 Å².